The highest BCUT2D eigenvalue weighted by Gasteiger charge is 2.50. The average Bonchev–Trinajstić information content (AvgIpc) is 2.78. The SMILES string of the molecule is CC1(C)CC1c1onc(N)c1-c1ccc(F)cc1Cl. The number of anilines is 1. The second-order valence-electron chi connectivity index (χ2n) is 5.68. The van der Waals surface area contributed by atoms with Gasteiger partial charge in [-0.25, -0.2) is 4.39 Å². The van der Waals surface area contributed by atoms with Crippen LogP contribution in [0.2, 0.25) is 5.02 Å². The third-order valence-corrected chi connectivity index (χ3v) is 4.09. The lowest BCUT2D eigenvalue weighted by Crippen LogP contribution is -1.94. The molecule has 3 nitrogen and oxygen atoms in total. The Hall–Kier alpha value is -1.55. The number of benzene rings is 1. The van der Waals surface area contributed by atoms with Crippen LogP contribution in [0.5, 0.6) is 0 Å². The Morgan fingerprint density at radius 3 is 2.74 bits per heavy atom. The van der Waals surface area contributed by atoms with Gasteiger partial charge in [-0.15, -0.1) is 0 Å². The molecule has 2 N–H and O–H groups in total. The number of nitrogens with zero attached hydrogens (tertiary/aromatic N) is 1. The highest BCUT2D eigenvalue weighted by molar-refractivity contribution is 6.33. The van der Waals surface area contributed by atoms with E-state index in [4.69, 9.17) is 21.9 Å². The molecular formula is C14H14ClFN2O. The maximum Gasteiger partial charge on any atom is 0.175 e. The third-order valence-electron chi connectivity index (χ3n) is 3.78. The minimum Gasteiger partial charge on any atom is -0.380 e. The summed E-state index contributed by atoms with van der Waals surface area (Å²) >= 11 is 6.10. The van der Waals surface area contributed by atoms with E-state index < -0.39 is 0 Å². The Morgan fingerprint density at radius 2 is 2.16 bits per heavy atom. The molecular weight excluding hydrogens is 267 g/mol. The Balaban J connectivity index is 2.12. The summed E-state index contributed by atoms with van der Waals surface area (Å²) in [5, 5.41) is 4.15. The molecule has 5 heteroatoms. The molecule has 1 aliphatic carbocycles. The first-order chi connectivity index (χ1) is 8.90. The molecule has 0 aliphatic heterocycles. The van der Waals surface area contributed by atoms with Crippen molar-refractivity contribution in [2.24, 2.45) is 5.41 Å². The molecule has 0 spiro atoms. The topological polar surface area (TPSA) is 52.0 Å². The highest BCUT2D eigenvalue weighted by Crippen LogP contribution is 2.61. The summed E-state index contributed by atoms with van der Waals surface area (Å²) in [6.45, 7) is 4.32. The van der Waals surface area contributed by atoms with Crippen LogP contribution >= 0.6 is 11.6 Å². The zero-order chi connectivity index (χ0) is 13.8. The van der Waals surface area contributed by atoms with E-state index in [2.05, 4.69) is 19.0 Å². The monoisotopic (exact) mass is 280 g/mol. The molecule has 1 fully saturated rings. The summed E-state index contributed by atoms with van der Waals surface area (Å²) in [5.74, 6) is 0.952. The zero-order valence-corrected chi connectivity index (χ0v) is 11.5. The van der Waals surface area contributed by atoms with Crippen molar-refractivity contribution in [2.75, 3.05) is 5.73 Å². The Bertz CT molecular complexity index is 651. The van der Waals surface area contributed by atoms with Crippen molar-refractivity contribution in [3.8, 4) is 11.1 Å². The lowest BCUT2D eigenvalue weighted by Gasteiger charge is -2.06. The Labute approximate surface area is 115 Å². The fraction of sp³-hybridized carbons (Fsp3) is 0.357. The molecule has 1 atom stereocenters. The van der Waals surface area contributed by atoms with Crippen LogP contribution in [0, 0.1) is 11.2 Å². The Kier molecular flexibility index (Phi) is 2.61. The van der Waals surface area contributed by atoms with Gasteiger partial charge in [0.15, 0.2) is 5.82 Å². The smallest absolute Gasteiger partial charge is 0.175 e. The molecule has 0 bridgehead atoms. The quantitative estimate of drug-likeness (QED) is 0.895. The number of aromatic nitrogens is 1. The van der Waals surface area contributed by atoms with Crippen molar-refractivity contribution < 1.29 is 8.91 Å². The van der Waals surface area contributed by atoms with Gasteiger partial charge in [-0.05, 0) is 30.0 Å². The third kappa shape index (κ3) is 2.00. The zero-order valence-electron chi connectivity index (χ0n) is 10.7. The van der Waals surface area contributed by atoms with Crippen LogP contribution in [0.4, 0.5) is 10.2 Å². The molecule has 1 heterocycles. The summed E-state index contributed by atoms with van der Waals surface area (Å²) in [6.07, 6.45) is 1.02. The fourth-order valence-corrected chi connectivity index (χ4v) is 2.69. The number of nitrogens with two attached hydrogens (primary N) is 1. The van der Waals surface area contributed by atoms with E-state index in [1.165, 1.54) is 12.1 Å². The molecule has 19 heavy (non-hydrogen) atoms. The van der Waals surface area contributed by atoms with Gasteiger partial charge in [-0.1, -0.05) is 30.6 Å². The maximum absolute atomic E-state index is 13.1. The van der Waals surface area contributed by atoms with Gasteiger partial charge in [0.2, 0.25) is 0 Å². The molecule has 100 valence electrons. The number of halogens is 2. The van der Waals surface area contributed by atoms with Crippen LogP contribution in [0.15, 0.2) is 22.7 Å². The van der Waals surface area contributed by atoms with E-state index in [9.17, 15) is 4.39 Å². The second kappa shape index (κ2) is 3.97. The summed E-state index contributed by atoms with van der Waals surface area (Å²) in [7, 11) is 0. The van der Waals surface area contributed by atoms with E-state index in [1.807, 2.05) is 0 Å². The van der Waals surface area contributed by atoms with E-state index >= 15 is 0 Å². The number of hydrogen-bond acceptors (Lipinski definition) is 3. The van der Waals surface area contributed by atoms with Crippen LogP contribution < -0.4 is 5.73 Å². The van der Waals surface area contributed by atoms with Gasteiger partial charge in [0.05, 0.1) is 10.6 Å². The maximum atomic E-state index is 13.1. The van der Waals surface area contributed by atoms with Gasteiger partial charge in [-0.2, -0.15) is 0 Å². The van der Waals surface area contributed by atoms with Gasteiger partial charge in [0, 0.05) is 11.5 Å². The predicted octanol–water partition coefficient (Wildman–Crippen LogP) is 4.23. The molecule has 1 aliphatic rings. The molecule has 1 aromatic heterocycles. The van der Waals surface area contributed by atoms with Crippen molar-refractivity contribution in [3.05, 3.63) is 34.8 Å². The van der Waals surface area contributed by atoms with Crippen molar-refractivity contribution in [1.82, 2.24) is 5.16 Å². The van der Waals surface area contributed by atoms with Crippen LogP contribution in [0.1, 0.15) is 31.9 Å². The molecule has 0 saturated heterocycles. The lowest BCUT2D eigenvalue weighted by atomic mass is 10.00. The van der Waals surface area contributed by atoms with E-state index in [1.54, 1.807) is 6.07 Å². The van der Waals surface area contributed by atoms with Crippen LogP contribution in [0.3, 0.4) is 0 Å². The standard InChI is InChI=1S/C14H14ClFN2O/c1-14(2)6-9(14)12-11(13(17)18-19-12)8-4-3-7(16)5-10(8)15/h3-5,9H,6H2,1-2H3,(H2,17,18). The summed E-state index contributed by atoms with van der Waals surface area (Å²) < 4.78 is 18.5. The van der Waals surface area contributed by atoms with Gasteiger partial charge in [0.1, 0.15) is 11.6 Å². The largest absolute Gasteiger partial charge is 0.380 e. The molecule has 3 rings (SSSR count). The van der Waals surface area contributed by atoms with Crippen LogP contribution in [0.25, 0.3) is 11.1 Å². The molecule has 1 saturated carbocycles. The van der Waals surface area contributed by atoms with Crippen LogP contribution in [-0.4, -0.2) is 5.16 Å². The first kappa shape index (κ1) is 12.5. The van der Waals surface area contributed by atoms with Crippen molar-refractivity contribution in [1.29, 1.82) is 0 Å². The molecule has 0 radical (unpaired) electrons. The molecule has 1 unspecified atom stereocenters. The molecule has 2 aromatic rings. The van der Waals surface area contributed by atoms with E-state index in [-0.39, 0.29) is 17.2 Å². The summed E-state index contributed by atoms with van der Waals surface area (Å²) in [5.41, 5.74) is 7.43. The summed E-state index contributed by atoms with van der Waals surface area (Å²) in [4.78, 5) is 0. The van der Waals surface area contributed by atoms with Gasteiger partial charge in [0.25, 0.3) is 0 Å². The minimum atomic E-state index is -0.378. The first-order valence-corrected chi connectivity index (χ1v) is 6.48. The summed E-state index contributed by atoms with van der Waals surface area (Å²) in [6, 6.07) is 4.24. The fourth-order valence-electron chi connectivity index (χ4n) is 2.43. The van der Waals surface area contributed by atoms with E-state index in [0.717, 1.165) is 12.2 Å². The predicted molar refractivity (Wildman–Crippen MR) is 72.5 cm³/mol. The van der Waals surface area contributed by atoms with Gasteiger partial charge >= 0.3 is 0 Å². The van der Waals surface area contributed by atoms with Crippen molar-refractivity contribution in [2.45, 2.75) is 26.2 Å². The highest BCUT2D eigenvalue weighted by atomic mass is 35.5. The van der Waals surface area contributed by atoms with Crippen molar-refractivity contribution >= 4 is 17.4 Å². The van der Waals surface area contributed by atoms with Gasteiger partial charge in [-0.3, -0.25) is 0 Å². The number of rotatable bonds is 2. The van der Waals surface area contributed by atoms with Crippen molar-refractivity contribution in [3.63, 3.8) is 0 Å². The average molecular weight is 281 g/mol. The van der Waals surface area contributed by atoms with Gasteiger partial charge < -0.3 is 10.3 Å². The number of nitrogen functional groups attached to an aromatic ring is 1. The molecule has 0 amide bonds. The van der Waals surface area contributed by atoms with E-state index in [0.29, 0.717) is 22.0 Å². The van der Waals surface area contributed by atoms with Crippen LogP contribution in [-0.2, 0) is 0 Å². The second-order valence-corrected chi connectivity index (χ2v) is 6.08. The number of hydrogen-bond donors (Lipinski definition) is 1. The molecule has 1 aromatic carbocycles. The lowest BCUT2D eigenvalue weighted by molar-refractivity contribution is 0.376. The normalized spacial score (nSPS) is 20.5. The first-order valence-electron chi connectivity index (χ1n) is 6.10. The Morgan fingerprint density at radius 1 is 1.47 bits per heavy atom. The minimum absolute atomic E-state index is 0.188.